The molecule has 0 aliphatic carbocycles. The fourth-order valence-electron chi connectivity index (χ4n) is 4.08. The van der Waals surface area contributed by atoms with Crippen LogP contribution in [0.4, 0.5) is 0 Å². The maximum atomic E-state index is 5.89. The summed E-state index contributed by atoms with van der Waals surface area (Å²) in [4.78, 5) is 8.96. The molecule has 5 aliphatic rings. The van der Waals surface area contributed by atoms with Crippen LogP contribution in [0.15, 0.2) is 42.5 Å². The Bertz CT molecular complexity index is 667. The van der Waals surface area contributed by atoms with Crippen LogP contribution >= 0.6 is 0 Å². The number of rotatable bonds is 2. The van der Waals surface area contributed by atoms with E-state index in [9.17, 15) is 0 Å². The average Bonchev–Trinajstić information content (AvgIpc) is 3.24. The predicted octanol–water partition coefficient (Wildman–Crippen LogP) is 1.28. The summed E-state index contributed by atoms with van der Waals surface area (Å²) in [5.74, 6) is 1.78. The fourth-order valence-corrected chi connectivity index (χ4v) is 4.08. The number of nitrogens with zero attached hydrogens (tertiary/aromatic N) is 5. The number of piperidine rings is 3. The smallest absolute Gasteiger partial charge is 0.145 e. The van der Waals surface area contributed by atoms with E-state index in [0.717, 1.165) is 22.9 Å². The van der Waals surface area contributed by atoms with Crippen molar-refractivity contribution in [2.24, 2.45) is 5.92 Å². The molecule has 0 unspecified atom stereocenters. The molecular formula is C16H19N5O. The van der Waals surface area contributed by atoms with E-state index >= 15 is 0 Å². The van der Waals surface area contributed by atoms with Crippen LogP contribution in [-0.4, -0.2) is 56.8 Å². The first-order valence-corrected chi connectivity index (χ1v) is 7.99. The third-order valence-electron chi connectivity index (χ3n) is 5.32. The lowest BCUT2D eigenvalue weighted by Crippen LogP contribution is -2.55. The Labute approximate surface area is 129 Å². The molecular weight excluding hydrogens is 278 g/mol. The van der Waals surface area contributed by atoms with Crippen LogP contribution in [0.2, 0.25) is 0 Å². The molecule has 0 saturated carbocycles. The van der Waals surface area contributed by atoms with E-state index in [1.807, 2.05) is 0 Å². The topological polar surface area (TPSA) is 46.4 Å². The van der Waals surface area contributed by atoms with Crippen molar-refractivity contribution in [3.05, 3.63) is 42.5 Å². The first-order chi connectivity index (χ1) is 10.9. The van der Waals surface area contributed by atoms with Gasteiger partial charge < -0.3 is 14.5 Å². The van der Waals surface area contributed by atoms with Gasteiger partial charge in [-0.1, -0.05) is 0 Å². The van der Waals surface area contributed by atoms with E-state index in [0.29, 0.717) is 12.6 Å². The molecule has 6 nitrogen and oxygen atoms in total. The SMILES string of the molecule is C1=CN([C@H]2CN3CCC2CC3)C=C2OCC(n3cncn3)=C12. The number of aromatic nitrogens is 3. The summed E-state index contributed by atoms with van der Waals surface area (Å²) in [7, 11) is 0. The third-order valence-corrected chi connectivity index (χ3v) is 5.32. The van der Waals surface area contributed by atoms with E-state index in [1.165, 1.54) is 32.5 Å². The minimum Gasteiger partial charge on any atom is -0.485 e. The molecule has 0 N–H and O–H groups in total. The normalized spacial score (nSPS) is 33.0. The lowest BCUT2D eigenvalue weighted by molar-refractivity contribution is 0.0399. The molecule has 0 aromatic carbocycles. The van der Waals surface area contributed by atoms with Gasteiger partial charge in [-0.3, -0.25) is 0 Å². The Kier molecular flexibility index (Phi) is 2.67. The Morgan fingerprint density at radius 1 is 1.23 bits per heavy atom. The molecule has 1 atom stereocenters. The van der Waals surface area contributed by atoms with Crippen molar-refractivity contribution >= 4 is 5.70 Å². The van der Waals surface area contributed by atoms with E-state index < -0.39 is 0 Å². The van der Waals surface area contributed by atoms with Crippen LogP contribution in [0.5, 0.6) is 0 Å². The van der Waals surface area contributed by atoms with Gasteiger partial charge in [0.15, 0.2) is 0 Å². The highest BCUT2D eigenvalue weighted by Crippen LogP contribution is 2.36. The number of hydrogen-bond donors (Lipinski definition) is 0. The Hall–Kier alpha value is -2.08. The molecule has 3 fully saturated rings. The van der Waals surface area contributed by atoms with Crippen molar-refractivity contribution in [3.63, 3.8) is 0 Å². The van der Waals surface area contributed by atoms with Crippen molar-refractivity contribution in [2.45, 2.75) is 18.9 Å². The van der Waals surface area contributed by atoms with Crippen molar-refractivity contribution in [1.29, 1.82) is 0 Å². The fraction of sp³-hybridized carbons (Fsp3) is 0.500. The average molecular weight is 297 g/mol. The Balaban J connectivity index is 1.44. The van der Waals surface area contributed by atoms with Crippen molar-refractivity contribution < 1.29 is 4.74 Å². The number of fused-ring (bicyclic) bond motifs is 4. The second-order valence-corrected chi connectivity index (χ2v) is 6.45. The second-order valence-electron chi connectivity index (χ2n) is 6.45. The summed E-state index contributed by atoms with van der Waals surface area (Å²) >= 11 is 0. The number of ether oxygens (including phenoxy) is 1. The summed E-state index contributed by atoms with van der Waals surface area (Å²) in [6, 6.07) is 0.590. The van der Waals surface area contributed by atoms with Gasteiger partial charge >= 0.3 is 0 Å². The second kappa shape index (κ2) is 4.71. The van der Waals surface area contributed by atoms with Gasteiger partial charge in [0.05, 0.1) is 5.70 Å². The molecule has 6 heteroatoms. The summed E-state index contributed by atoms with van der Waals surface area (Å²) in [6.45, 7) is 4.28. The number of hydrogen-bond acceptors (Lipinski definition) is 5. The van der Waals surface area contributed by atoms with Crippen LogP contribution < -0.4 is 0 Å². The minimum absolute atomic E-state index is 0.558. The van der Waals surface area contributed by atoms with Gasteiger partial charge in [-0.2, -0.15) is 5.10 Å². The van der Waals surface area contributed by atoms with E-state index in [4.69, 9.17) is 4.74 Å². The summed E-state index contributed by atoms with van der Waals surface area (Å²) in [5.41, 5.74) is 2.19. The van der Waals surface area contributed by atoms with Gasteiger partial charge in [0, 0.05) is 30.6 Å². The highest BCUT2D eigenvalue weighted by molar-refractivity contribution is 5.65. The zero-order valence-electron chi connectivity index (χ0n) is 12.4. The Morgan fingerprint density at radius 2 is 2.14 bits per heavy atom. The third kappa shape index (κ3) is 1.83. The molecule has 1 aromatic rings. The van der Waals surface area contributed by atoms with Gasteiger partial charge in [0.25, 0.3) is 0 Å². The van der Waals surface area contributed by atoms with Crippen LogP contribution in [0, 0.1) is 5.92 Å². The standard InChI is InChI=1S/C16H19N5O/c1-4-19-5-2-12(1)14(7-19)20-6-3-13-15(9-22-16(13)8-20)21-11-17-10-18-21/h3,6,8,10-12,14H,1-2,4-5,7,9H2/t14-/m0/s1. The lowest BCUT2D eigenvalue weighted by Gasteiger charge is -2.48. The van der Waals surface area contributed by atoms with Gasteiger partial charge in [-0.05, 0) is 37.9 Å². The zero-order valence-corrected chi connectivity index (χ0v) is 12.4. The minimum atomic E-state index is 0.558. The van der Waals surface area contributed by atoms with Gasteiger partial charge in [-0.15, -0.1) is 0 Å². The first kappa shape index (κ1) is 12.5. The largest absolute Gasteiger partial charge is 0.485 e. The molecule has 6 rings (SSSR count). The molecule has 0 radical (unpaired) electrons. The highest BCUT2D eigenvalue weighted by atomic mass is 16.5. The van der Waals surface area contributed by atoms with Gasteiger partial charge in [-0.25, -0.2) is 9.67 Å². The molecule has 1 aromatic heterocycles. The molecule has 114 valence electrons. The van der Waals surface area contributed by atoms with Crippen LogP contribution in [0.25, 0.3) is 5.70 Å². The van der Waals surface area contributed by atoms with Crippen molar-refractivity contribution in [1.82, 2.24) is 24.6 Å². The summed E-state index contributed by atoms with van der Waals surface area (Å²) < 4.78 is 7.68. The van der Waals surface area contributed by atoms with E-state index in [-0.39, 0.29) is 0 Å². The summed E-state index contributed by atoms with van der Waals surface area (Å²) in [5, 5.41) is 4.22. The summed E-state index contributed by atoms with van der Waals surface area (Å²) in [6.07, 6.45) is 12.5. The molecule has 3 saturated heterocycles. The quantitative estimate of drug-likeness (QED) is 0.823. The predicted molar refractivity (Wildman–Crippen MR) is 81.2 cm³/mol. The van der Waals surface area contributed by atoms with Gasteiger partial charge in [0.1, 0.15) is 25.0 Å². The van der Waals surface area contributed by atoms with Crippen LogP contribution in [0.3, 0.4) is 0 Å². The maximum Gasteiger partial charge on any atom is 0.145 e. The monoisotopic (exact) mass is 297 g/mol. The zero-order chi connectivity index (χ0) is 14.5. The lowest BCUT2D eigenvalue weighted by atomic mass is 9.83. The molecule has 5 aliphatic heterocycles. The first-order valence-electron chi connectivity index (χ1n) is 7.99. The van der Waals surface area contributed by atoms with Crippen LogP contribution in [0.1, 0.15) is 12.8 Å². The Morgan fingerprint density at radius 3 is 2.86 bits per heavy atom. The molecule has 0 amide bonds. The molecule has 6 heterocycles. The van der Waals surface area contributed by atoms with Gasteiger partial charge in [0.2, 0.25) is 0 Å². The van der Waals surface area contributed by atoms with Crippen molar-refractivity contribution in [3.8, 4) is 0 Å². The van der Waals surface area contributed by atoms with E-state index in [1.54, 1.807) is 17.3 Å². The number of allylic oxidation sites excluding steroid dienone is 1. The van der Waals surface area contributed by atoms with E-state index in [2.05, 4.69) is 38.4 Å². The molecule has 2 bridgehead atoms. The molecule has 22 heavy (non-hydrogen) atoms. The van der Waals surface area contributed by atoms with Crippen LogP contribution in [-0.2, 0) is 4.74 Å². The molecule has 0 spiro atoms. The maximum absolute atomic E-state index is 5.89. The highest BCUT2D eigenvalue weighted by Gasteiger charge is 2.37. The van der Waals surface area contributed by atoms with Crippen molar-refractivity contribution in [2.75, 3.05) is 26.2 Å².